The van der Waals surface area contributed by atoms with Crippen molar-refractivity contribution >= 4 is 16.9 Å². The monoisotopic (exact) mass is 394 g/mol. The minimum absolute atomic E-state index is 0.209. The van der Waals surface area contributed by atoms with Crippen molar-refractivity contribution in [3.05, 3.63) is 53.1 Å². The number of benzene rings is 1. The maximum absolute atomic E-state index is 14.4. The number of aryl methyl sites for hydroxylation is 1. The molecule has 2 heterocycles. The van der Waals surface area contributed by atoms with Crippen LogP contribution < -0.4 is 9.47 Å². The number of nitrogens with zero attached hydrogens (tertiary/aromatic N) is 2. The number of aromatic nitrogens is 2. The van der Waals surface area contributed by atoms with Gasteiger partial charge in [0.2, 0.25) is 5.88 Å². The smallest absolute Gasteiger partial charge is 0.417 e. The molecular formula is C19H14F4N2O3. The van der Waals surface area contributed by atoms with E-state index in [-0.39, 0.29) is 22.9 Å². The lowest BCUT2D eigenvalue weighted by Crippen LogP contribution is -2.06. The number of fused-ring (bicyclic) bond motifs is 1. The fourth-order valence-corrected chi connectivity index (χ4v) is 2.52. The molecule has 2 aromatic heterocycles. The van der Waals surface area contributed by atoms with Crippen molar-refractivity contribution in [2.24, 2.45) is 0 Å². The number of pyridine rings is 2. The Morgan fingerprint density at radius 3 is 2.43 bits per heavy atom. The third-order valence-electron chi connectivity index (χ3n) is 3.99. The normalized spacial score (nSPS) is 11.5. The number of alkyl halides is 3. The summed E-state index contributed by atoms with van der Waals surface area (Å²) in [5, 5.41) is 0.321. The first-order valence-corrected chi connectivity index (χ1v) is 8.06. The Morgan fingerprint density at radius 2 is 1.86 bits per heavy atom. The van der Waals surface area contributed by atoms with E-state index < -0.39 is 23.5 Å². The molecule has 0 aliphatic heterocycles. The highest BCUT2D eigenvalue weighted by atomic mass is 19.4. The maximum Gasteiger partial charge on any atom is 0.417 e. The summed E-state index contributed by atoms with van der Waals surface area (Å²) in [6.07, 6.45) is -3.95. The lowest BCUT2D eigenvalue weighted by molar-refractivity contribution is -0.138. The van der Waals surface area contributed by atoms with Crippen molar-refractivity contribution in [3.8, 4) is 17.4 Å². The number of halogens is 4. The third-order valence-corrected chi connectivity index (χ3v) is 3.99. The summed E-state index contributed by atoms with van der Waals surface area (Å²) in [6, 6.07) is 4.12. The van der Waals surface area contributed by atoms with Gasteiger partial charge < -0.3 is 9.47 Å². The number of esters is 1. The molecule has 146 valence electrons. The van der Waals surface area contributed by atoms with Gasteiger partial charge in [-0.1, -0.05) is 0 Å². The van der Waals surface area contributed by atoms with Gasteiger partial charge in [0.25, 0.3) is 0 Å². The first kappa shape index (κ1) is 19.5. The minimum atomic E-state index is -4.54. The molecule has 9 heteroatoms. The van der Waals surface area contributed by atoms with Crippen LogP contribution in [0.4, 0.5) is 17.6 Å². The molecule has 0 radical (unpaired) electrons. The van der Waals surface area contributed by atoms with E-state index in [1.54, 1.807) is 13.8 Å². The number of carbonyl (C=O) groups is 1. The van der Waals surface area contributed by atoms with E-state index in [9.17, 15) is 22.4 Å². The standard InChI is InChI=1S/C19H14F4N2O3/c1-9-10(2)25-15-7-14(20)16(6-13(15)18(9)27-11(3)26)28-17-5-4-12(8-24-17)19(21,22)23/h4-8H,1-3H3. The topological polar surface area (TPSA) is 61.3 Å². The van der Waals surface area contributed by atoms with Gasteiger partial charge in [0.1, 0.15) is 5.75 Å². The molecule has 0 saturated carbocycles. The van der Waals surface area contributed by atoms with Crippen LogP contribution in [0.25, 0.3) is 10.9 Å². The van der Waals surface area contributed by atoms with Gasteiger partial charge in [-0.15, -0.1) is 0 Å². The van der Waals surface area contributed by atoms with Crippen molar-refractivity contribution < 1.29 is 31.8 Å². The first-order chi connectivity index (χ1) is 13.1. The van der Waals surface area contributed by atoms with E-state index in [0.717, 1.165) is 18.2 Å². The van der Waals surface area contributed by atoms with Crippen LogP contribution in [-0.2, 0) is 11.0 Å². The summed E-state index contributed by atoms with van der Waals surface area (Å²) in [5.74, 6) is -1.67. The van der Waals surface area contributed by atoms with Gasteiger partial charge in [-0.2, -0.15) is 13.2 Å². The Morgan fingerprint density at radius 1 is 1.14 bits per heavy atom. The summed E-state index contributed by atoms with van der Waals surface area (Å²) in [7, 11) is 0. The molecule has 3 aromatic rings. The van der Waals surface area contributed by atoms with E-state index in [0.29, 0.717) is 22.8 Å². The quantitative estimate of drug-likeness (QED) is 0.456. The highest BCUT2D eigenvalue weighted by Crippen LogP contribution is 2.36. The van der Waals surface area contributed by atoms with Gasteiger partial charge in [0.05, 0.1) is 11.1 Å². The largest absolute Gasteiger partial charge is 0.436 e. The molecule has 0 atom stereocenters. The molecule has 0 spiro atoms. The molecule has 0 aliphatic rings. The second-order valence-electron chi connectivity index (χ2n) is 6.03. The molecule has 0 N–H and O–H groups in total. The molecule has 5 nitrogen and oxygen atoms in total. The van der Waals surface area contributed by atoms with Crippen molar-refractivity contribution in [2.75, 3.05) is 0 Å². The first-order valence-electron chi connectivity index (χ1n) is 8.06. The average Bonchev–Trinajstić information content (AvgIpc) is 2.60. The number of hydrogen-bond acceptors (Lipinski definition) is 5. The van der Waals surface area contributed by atoms with Crippen LogP contribution in [0, 0.1) is 19.7 Å². The zero-order valence-electron chi connectivity index (χ0n) is 15.0. The van der Waals surface area contributed by atoms with Crippen molar-refractivity contribution in [1.29, 1.82) is 0 Å². The number of rotatable bonds is 3. The fraction of sp³-hybridized carbons (Fsp3) is 0.211. The highest BCUT2D eigenvalue weighted by molar-refractivity contribution is 5.90. The van der Waals surface area contributed by atoms with E-state index >= 15 is 0 Å². The molecule has 0 aliphatic carbocycles. The van der Waals surface area contributed by atoms with Crippen LogP contribution in [0.2, 0.25) is 0 Å². The molecule has 0 saturated heterocycles. The lowest BCUT2D eigenvalue weighted by atomic mass is 10.1. The van der Waals surface area contributed by atoms with E-state index in [1.165, 1.54) is 13.0 Å². The summed E-state index contributed by atoms with van der Waals surface area (Å²) in [6.45, 7) is 4.62. The van der Waals surface area contributed by atoms with Gasteiger partial charge in [0, 0.05) is 41.9 Å². The predicted octanol–water partition coefficient (Wildman–Crippen LogP) is 5.12. The predicted molar refractivity (Wildman–Crippen MR) is 91.8 cm³/mol. The fourth-order valence-electron chi connectivity index (χ4n) is 2.52. The zero-order valence-corrected chi connectivity index (χ0v) is 15.0. The molecule has 0 unspecified atom stereocenters. The van der Waals surface area contributed by atoms with Gasteiger partial charge >= 0.3 is 12.1 Å². The second kappa shape index (κ2) is 7.06. The molecule has 28 heavy (non-hydrogen) atoms. The highest BCUT2D eigenvalue weighted by Gasteiger charge is 2.30. The summed E-state index contributed by atoms with van der Waals surface area (Å²) in [5.41, 5.74) is 0.435. The second-order valence-corrected chi connectivity index (χ2v) is 6.03. The molecular weight excluding hydrogens is 380 g/mol. The van der Waals surface area contributed by atoms with Gasteiger partial charge in [-0.3, -0.25) is 9.78 Å². The van der Waals surface area contributed by atoms with Crippen LogP contribution in [0.5, 0.6) is 17.4 Å². The Labute approximate surface area is 156 Å². The van der Waals surface area contributed by atoms with Crippen LogP contribution in [0.15, 0.2) is 30.5 Å². The Bertz CT molecular complexity index is 1060. The van der Waals surface area contributed by atoms with E-state index in [1.807, 2.05) is 0 Å². The Hall–Kier alpha value is -3.23. The summed E-state index contributed by atoms with van der Waals surface area (Å²) in [4.78, 5) is 19.2. The summed E-state index contributed by atoms with van der Waals surface area (Å²) < 4.78 is 62.8. The molecule has 3 rings (SSSR count). The van der Waals surface area contributed by atoms with E-state index in [4.69, 9.17) is 9.47 Å². The van der Waals surface area contributed by atoms with Crippen molar-refractivity contribution in [2.45, 2.75) is 26.9 Å². The number of hydrogen-bond donors (Lipinski definition) is 0. The minimum Gasteiger partial charge on any atom is -0.436 e. The van der Waals surface area contributed by atoms with Crippen LogP contribution in [0.1, 0.15) is 23.7 Å². The van der Waals surface area contributed by atoms with Crippen molar-refractivity contribution in [1.82, 2.24) is 9.97 Å². The van der Waals surface area contributed by atoms with Gasteiger partial charge in [-0.25, -0.2) is 9.37 Å². The van der Waals surface area contributed by atoms with Crippen LogP contribution in [-0.4, -0.2) is 15.9 Å². The summed E-state index contributed by atoms with van der Waals surface area (Å²) >= 11 is 0. The third kappa shape index (κ3) is 3.88. The number of ether oxygens (including phenoxy) is 2. The van der Waals surface area contributed by atoms with Crippen LogP contribution >= 0.6 is 0 Å². The maximum atomic E-state index is 14.4. The molecule has 0 amide bonds. The van der Waals surface area contributed by atoms with Crippen LogP contribution in [0.3, 0.4) is 0 Å². The lowest BCUT2D eigenvalue weighted by Gasteiger charge is -2.14. The average molecular weight is 394 g/mol. The SMILES string of the molecule is CC(=O)Oc1c(C)c(C)nc2cc(F)c(Oc3ccc(C(F)(F)F)cn3)cc12. The van der Waals surface area contributed by atoms with Gasteiger partial charge in [-0.05, 0) is 26.0 Å². The molecule has 0 bridgehead atoms. The van der Waals surface area contributed by atoms with E-state index in [2.05, 4.69) is 9.97 Å². The molecule has 1 aromatic carbocycles. The Kier molecular flexibility index (Phi) is 4.93. The zero-order chi connectivity index (χ0) is 20.6. The molecule has 0 fully saturated rings. The Balaban J connectivity index is 2.05. The number of carbonyl (C=O) groups excluding carboxylic acids is 1. The van der Waals surface area contributed by atoms with Crippen molar-refractivity contribution in [3.63, 3.8) is 0 Å². The van der Waals surface area contributed by atoms with Gasteiger partial charge in [0.15, 0.2) is 11.6 Å².